The van der Waals surface area contributed by atoms with Crippen LogP contribution in [0.4, 0.5) is 0 Å². The van der Waals surface area contributed by atoms with Gasteiger partial charge in [-0.15, -0.1) is 0 Å². The summed E-state index contributed by atoms with van der Waals surface area (Å²) in [4.78, 5) is 2.47. The van der Waals surface area contributed by atoms with Gasteiger partial charge in [0.2, 0.25) is 0 Å². The number of hydrogen-bond acceptors (Lipinski definition) is 3. The number of nitrogens with zero attached hydrogens (tertiary/aromatic N) is 1. The Balaban J connectivity index is 2.51. The van der Waals surface area contributed by atoms with Crippen molar-refractivity contribution in [2.24, 2.45) is 11.1 Å². The van der Waals surface area contributed by atoms with E-state index in [9.17, 15) is 0 Å². The quantitative estimate of drug-likeness (QED) is 0.773. The first-order chi connectivity index (χ1) is 6.83. The van der Waals surface area contributed by atoms with Gasteiger partial charge in [-0.1, -0.05) is 13.8 Å². The van der Waals surface area contributed by atoms with Crippen LogP contribution in [-0.4, -0.2) is 43.3 Å². The minimum atomic E-state index is -0.139. The summed E-state index contributed by atoms with van der Waals surface area (Å²) in [5.74, 6) is 0. The fourth-order valence-electron chi connectivity index (χ4n) is 1.72. The zero-order valence-electron chi connectivity index (χ0n) is 10.7. The zero-order valence-corrected chi connectivity index (χ0v) is 10.7. The van der Waals surface area contributed by atoms with Crippen LogP contribution in [0.25, 0.3) is 0 Å². The molecule has 1 aliphatic heterocycles. The van der Waals surface area contributed by atoms with Gasteiger partial charge >= 0.3 is 0 Å². The maximum Gasteiger partial charge on any atom is 0.0593 e. The molecule has 1 rings (SSSR count). The minimum Gasteiger partial charge on any atom is -0.380 e. The molecule has 0 aromatic carbocycles. The summed E-state index contributed by atoms with van der Waals surface area (Å²) >= 11 is 0. The molecule has 1 heterocycles. The third kappa shape index (κ3) is 3.74. The van der Waals surface area contributed by atoms with E-state index < -0.39 is 0 Å². The van der Waals surface area contributed by atoms with Crippen molar-refractivity contribution in [3.8, 4) is 0 Å². The predicted octanol–water partition coefficient (Wildman–Crippen LogP) is 1.47. The second kappa shape index (κ2) is 4.81. The Hall–Kier alpha value is -0.120. The van der Waals surface area contributed by atoms with Gasteiger partial charge in [-0.05, 0) is 25.7 Å². The van der Waals surface area contributed by atoms with Crippen LogP contribution in [0.3, 0.4) is 0 Å². The monoisotopic (exact) mass is 214 g/mol. The van der Waals surface area contributed by atoms with Crippen LogP contribution in [-0.2, 0) is 4.74 Å². The van der Waals surface area contributed by atoms with E-state index in [0.29, 0.717) is 0 Å². The molecular formula is C12H26N2O. The van der Waals surface area contributed by atoms with Crippen molar-refractivity contribution in [1.82, 2.24) is 4.90 Å². The number of rotatable bonds is 3. The fourth-order valence-corrected chi connectivity index (χ4v) is 1.72. The zero-order chi connectivity index (χ0) is 11.5. The minimum absolute atomic E-state index is 0.136. The molecule has 0 spiro atoms. The van der Waals surface area contributed by atoms with Gasteiger partial charge in [-0.2, -0.15) is 0 Å². The molecular weight excluding hydrogens is 188 g/mol. The molecule has 1 fully saturated rings. The van der Waals surface area contributed by atoms with Crippen LogP contribution >= 0.6 is 0 Å². The Morgan fingerprint density at radius 3 is 2.40 bits per heavy atom. The standard InChI is InChI=1S/C12H26N2O/c1-11(2,12(3,4)13)10-14-6-5-8-15-9-7-14/h5-10,13H2,1-4H3. The summed E-state index contributed by atoms with van der Waals surface area (Å²) in [7, 11) is 0. The molecule has 3 heteroatoms. The second-order valence-electron chi connectivity index (χ2n) is 5.85. The molecule has 0 bridgehead atoms. The van der Waals surface area contributed by atoms with Crippen molar-refractivity contribution in [2.45, 2.75) is 39.7 Å². The summed E-state index contributed by atoms with van der Waals surface area (Å²) in [6.07, 6.45) is 1.14. The maximum absolute atomic E-state index is 6.21. The van der Waals surface area contributed by atoms with Crippen LogP contribution in [0.15, 0.2) is 0 Å². The summed E-state index contributed by atoms with van der Waals surface area (Å²) in [6, 6.07) is 0. The highest BCUT2D eigenvalue weighted by molar-refractivity contribution is 4.92. The van der Waals surface area contributed by atoms with E-state index in [4.69, 9.17) is 10.5 Å². The first-order valence-electron chi connectivity index (χ1n) is 5.92. The molecule has 1 saturated heterocycles. The van der Waals surface area contributed by atoms with Crippen molar-refractivity contribution in [3.05, 3.63) is 0 Å². The first kappa shape index (κ1) is 12.9. The first-order valence-corrected chi connectivity index (χ1v) is 5.92. The Morgan fingerprint density at radius 2 is 1.80 bits per heavy atom. The SMILES string of the molecule is CC(C)(N)C(C)(C)CN1CCCOCC1. The van der Waals surface area contributed by atoms with Gasteiger partial charge in [0.25, 0.3) is 0 Å². The lowest BCUT2D eigenvalue weighted by atomic mass is 9.75. The predicted molar refractivity (Wildman–Crippen MR) is 63.9 cm³/mol. The lowest BCUT2D eigenvalue weighted by Crippen LogP contribution is -2.53. The molecule has 0 atom stereocenters. The molecule has 0 aromatic heterocycles. The van der Waals surface area contributed by atoms with E-state index in [1.165, 1.54) is 0 Å². The summed E-state index contributed by atoms with van der Waals surface area (Å²) in [5.41, 5.74) is 6.21. The van der Waals surface area contributed by atoms with Gasteiger partial charge in [0.05, 0.1) is 6.61 Å². The van der Waals surface area contributed by atoms with Gasteiger partial charge in [-0.3, -0.25) is 0 Å². The van der Waals surface area contributed by atoms with Gasteiger partial charge in [0, 0.05) is 31.8 Å². The average Bonchev–Trinajstić information content (AvgIpc) is 2.30. The molecule has 0 aromatic rings. The van der Waals surface area contributed by atoms with Gasteiger partial charge in [-0.25, -0.2) is 0 Å². The smallest absolute Gasteiger partial charge is 0.0593 e. The third-order valence-corrected chi connectivity index (χ3v) is 3.68. The Labute approximate surface area is 94.0 Å². The van der Waals surface area contributed by atoms with E-state index >= 15 is 0 Å². The Bertz CT molecular complexity index is 188. The number of ether oxygens (including phenoxy) is 1. The molecule has 0 amide bonds. The summed E-state index contributed by atoms with van der Waals surface area (Å²) in [5, 5.41) is 0. The summed E-state index contributed by atoms with van der Waals surface area (Å²) in [6.45, 7) is 13.7. The van der Waals surface area contributed by atoms with Crippen LogP contribution in [0.2, 0.25) is 0 Å². The van der Waals surface area contributed by atoms with Crippen molar-refractivity contribution in [2.75, 3.05) is 32.8 Å². The average molecular weight is 214 g/mol. The van der Waals surface area contributed by atoms with Crippen LogP contribution in [0.5, 0.6) is 0 Å². The highest BCUT2D eigenvalue weighted by Gasteiger charge is 2.34. The van der Waals surface area contributed by atoms with Crippen molar-refractivity contribution >= 4 is 0 Å². The van der Waals surface area contributed by atoms with Crippen LogP contribution in [0, 0.1) is 5.41 Å². The van der Waals surface area contributed by atoms with Crippen molar-refractivity contribution in [1.29, 1.82) is 0 Å². The maximum atomic E-state index is 6.21. The van der Waals surface area contributed by atoms with Crippen LogP contribution < -0.4 is 5.73 Å². The fraction of sp³-hybridized carbons (Fsp3) is 1.00. The highest BCUT2D eigenvalue weighted by atomic mass is 16.5. The summed E-state index contributed by atoms with van der Waals surface area (Å²) < 4.78 is 5.45. The van der Waals surface area contributed by atoms with Crippen LogP contribution in [0.1, 0.15) is 34.1 Å². The molecule has 0 unspecified atom stereocenters. The molecule has 0 saturated carbocycles. The molecule has 3 nitrogen and oxygen atoms in total. The molecule has 0 radical (unpaired) electrons. The van der Waals surface area contributed by atoms with E-state index in [0.717, 1.165) is 39.3 Å². The Kier molecular flexibility index (Phi) is 4.15. The lowest BCUT2D eigenvalue weighted by molar-refractivity contribution is 0.102. The highest BCUT2D eigenvalue weighted by Crippen LogP contribution is 2.29. The number of hydrogen-bond donors (Lipinski definition) is 1. The van der Waals surface area contributed by atoms with Gasteiger partial charge in [0.1, 0.15) is 0 Å². The molecule has 2 N–H and O–H groups in total. The van der Waals surface area contributed by atoms with Gasteiger partial charge in [0.15, 0.2) is 0 Å². The topological polar surface area (TPSA) is 38.5 Å². The van der Waals surface area contributed by atoms with Crippen molar-refractivity contribution < 1.29 is 4.74 Å². The molecule has 1 aliphatic rings. The second-order valence-corrected chi connectivity index (χ2v) is 5.85. The number of nitrogens with two attached hydrogens (primary N) is 1. The van der Waals surface area contributed by atoms with E-state index in [1.54, 1.807) is 0 Å². The van der Waals surface area contributed by atoms with Gasteiger partial charge < -0.3 is 15.4 Å². The third-order valence-electron chi connectivity index (χ3n) is 3.68. The van der Waals surface area contributed by atoms with Crippen molar-refractivity contribution in [3.63, 3.8) is 0 Å². The largest absolute Gasteiger partial charge is 0.380 e. The van der Waals surface area contributed by atoms with E-state index in [1.807, 2.05) is 0 Å². The van der Waals surface area contributed by atoms with E-state index in [2.05, 4.69) is 32.6 Å². The van der Waals surface area contributed by atoms with E-state index in [-0.39, 0.29) is 11.0 Å². The Morgan fingerprint density at radius 1 is 1.13 bits per heavy atom. The lowest BCUT2D eigenvalue weighted by Gasteiger charge is -2.42. The molecule has 15 heavy (non-hydrogen) atoms. The normalized spacial score (nSPS) is 21.4. The molecule has 0 aliphatic carbocycles. The molecule has 90 valence electrons.